The van der Waals surface area contributed by atoms with Gasteiger partial charge in [-0.2, -0.15) is 0 Å². The highest BCUT2D eigenvalue weighted by molar-refractivity contribution is 5.94. The van der Waals surface area contributed by atoms with Gasteiger partial charge in [0.25, 0.3) is 5.91 Å². The first kappa shape index (κ1) is 17.0. The van der Waals surface area contributed by atoms with E-state index in [1.807, 2.05) is 41.4 Å². The van der Waals surface area contributed by atoms with Crippen molar-refractivity contribution in [2.45, 2.75) is 18.4 Å². The number of rotatable bonds is 2. The molecule has 5 rings (SSSR count). The van der Waals surface area contributed by atoms with Crippen LogP contribution in [0.15, 0.2) is 61.1 Å². The van der Waals surface area contributed by atoms with Gasteiger partial charge >= 0.3 is 0 Å². The highest BCUT2D eigenvalue weighted by atomic mass is 16.5. The van der Waals surface area contributed by atoms with Crippen molar-refractivity contribution in [2.75, 3.05) is 19.7 Å². The highest BCUT2D eigenvalue weighted by Gasteiger charge is 2.46. The first-order valence-corrected chi connectivity index (χ1v) is 9.44. The Labute approximate surface area is 163 Å². The Bertz CT molecular complexity index is 1010. The fraction of sp³-hybridized carbons (Fsp3) is 0.273. The Hall–Kier alpha value is -3.12. The molecule has 0 saturated carbocycles. The van der Waals surface area contributed by atoms with Crippen LogP contribution in [0, 0.1) is 0 Å². The number of carbonyl (C=O) groups excluding carboxylic acids is 1. The Morgan fingerprint density at radius 2 is 2.00 bits per heavy atom. The van der Waals surface area contributed by atoms with Gasteiger partial charge in [-0.1, -0.05) is 30.3 Å². The van der Waals surface area contributed by atoms with E-state index in [-0.39, 0.29) is 11.3 Å². The van der Waals surface area contributed by atoms with Gasteiger partial charge in [0.15, 0.2) is 5.82 Å². The molecule has 2 aromatic heterocycles. The molecule has 1 fully saturated rings. The van der Waals surface area contributed by atoms with Crippen molar-refractivity contribution in [1.29, 1.82) is 0 Å². The molecule has 2 aliphatic heterocycles. The predicted octanol–water partition coefficient (Wildman–Crippen LogP) is 2.85. The molecule has 1 spiro atoms. The third-order valence-corrected chi connectivity index (χ3v) is 5.58. The molecular formula is C22H20N4O2. The lowest BCUT2D eigenvalue weighted by Crippen LogP contribution is -2.41. The van der Waals surface area contributed by atoms with Crippen LogP contribution < -0.4 is 0 Å². The minimum Gasteiger partial charge on any atom is -0.376 e. The summed E-state index contributed by atoms with van der Waals surface area (Å²) in [4.78, 5) is 28.3. The van der Waals surface area contributed by atoms with E-state index in [1.165, 1.54) is 0 Å². The maximum Gasteiger partial charge on any atom is 0.255 e. The molecule has 0 N–H and O–H groups in total. The van der Waals surface area contributed by atoms with Crippen molar-refractivity contribution in [1.82, 2.24) is 19.9 Å². The summed E-state index contributed by atoms with van der Waals surface area (Å²) >= 11 is 0. The van der Waals surface area contributed by atoms with Crippen LogP contribution in [-0.4, -0.2) is 45.5 Å². The van der Waals surface area contributed by atoms with Crippen LogP contribution in [0.4, 0.5) is 0 Å². The van der Waals surface area contributed by atoms with Gasteiger partial charge in [-0.05, 0) is 18.6 Å². The highest BCUT2D eigenvalue weighted by Crippen LogP contribution is 2.40. The number of benzene rings is 1. The van der Waals surface area contributed by atoms with E-state index in [2.05, 4.69) is 9.97 Å². The van der Waals surface area contributed by atoms with Crippen LogP contribution in [0.1, 0.15) is 28.0 Å². The molecule has 0 radical (unpaired) electrons. The van der Waals surface area contributed by atoms with E-state index < -0.39 is 0 Å². The summed E-state index contributed by atoms with van der Waals surface area (Å²) in [7, 11) is 0. The lowest BCUT2D eigenvalue weighted by atomic mass is 9.80. The van der Waals surface area contributed by atoms with Gasteiger partial charge in [-0.25, -0.2) is 9.97 Å². The van der Waals surface area contributed by atoms with Gasteiger partial charge in [-0.3, -0.25) is 9.78 Å². The zero-order chi connectivity index (χ0) is 19.0. The lowest BCUT2D eigenvalue weighted by molar-refractivity contribution is 0.0485. The number of pyridine rings is 1. The molecular weight excluding hydrogens is 352 g/mol. The summed E-state index contributed by atoms with van der Waals surface area (Å²) in [5, 5.41) is 0. The van der Waals surface area contributed by atoms with Gasteiger partial charge in [0.05, 0.1) is 29.9 Å². The van der Waals surface area contributed by atoms with Crippen LogP contribution in [0.25, 0.3) is 11.4 Å². The minimum absolute atomic E-state index is 0.00874. The predicted molar refractivity (Wildman–Crippen MR) is 104 cm³/mol. The number of hydrogen-bond donors (Lipinski definition) is 0. The average Bonchev–Trinajstić information content (AvgIpc) is 3.19. The zero-order valence-corrected chi connectivity index (χ0v) is 15.4. The first-order valence-electron chi connectivity index (χ1n) is 9.44. The molecule has 2 aliphatic rings. The second-order valence-corrected chi connectivity index (χ2v) is 7.43. The smallest absolute Gasteiger partial charge is 0.255 e. The second-order valence-electron chi connectivity index (χ2n) is 7.43. The molecule has 6 nitrogen and oxygen atoms in total. The Kier molecular flexibility index (Phi) is 4.13. The molecule has 1 aromatic carbocycles. The molecule has 140 valence electrons. The van der Waals surface area contributed by atoms with Crippen molar-refractivity contribution < 1.29 is 9.53 Å². The monoisotopic (exact) mass is 372 g/mol. The maximum atomic E-state index is 12.9. The summed E-state index contributed by atoms with van der Waals surface area (Å²) in [6.45, 7) is 2.37. The molecule has 28 heavy (non-hydrogen) atoms. The Balaban J connectivity index is 1.48. The van der Waals surface area contributed by atoms with E-state index in [9.17, 15) is 4.79 Å². The first-order chi connectivity index (χ1) is 13.8. The van der Waals surface area contributed by atoms with Crippen LogP contribution in [-0.2, 0) is 16.8 Å². The molecule has 6 heteroatoms. The summed E-state index contributed by atoms with van der Waals surface area (Å²) in [5.41, 5.74) is 3.37. The molecule has 3 aromatic rings. The molecule has 1 saturated heterocycles. The second kappa shape index (κ2) is 6.80. The number of likely N-dealkylation sites (tertiary alicyclic amines) is 1. The summed E-state index contributed by atoms with van der Waals surface area (Å²) in [6, 6.07) is 13.6. The normalized spacial score (nSPS) is 20.9. The molecule has 1 amide bonds. The Morgan fingerprint density at radius 1 is 1.11 bits per heavy atom. The van der Waals surface area contributed by atoms with E-state index in [1.54, 1.807) is 24.5 Å². The van der Waals surface area contributed by atoms with Gasteiger partial charge in [0.1, 0.15) is 0 Å². The topological polar surface area (TPSA) is 68.2 Å². The maximum absolute atomic E-state index is 12.9. The Morgan fingerprint density at radius 3 is 2.82 bits per heavy atom. The van der Waals surface area contributed by atoms with Gasteiger partial charge in [0.2, 0.25) is 0 Å². The summed E-state index contributed by atoms with van der Waals surface area (Å²) in [6.07, 6.45) is 6.00. The van der Waals surface area contributed by atoms with E-state index >= 15 is 0 Å². The molecule has 0 bridgehead atoms. The molecule has 0 unspecified atom stereocenters. The van der Waals surface area contributed by atoms with Crippen LogP contribution >= 0.6 is 0 Å². The SMILES string of the molecule is O=C(c1cccnc1)N1CC[C@]2(COCc3cnc(-c4ccccc4)nc32)C1. The third kappa shape index (κ3) is 2.86. The minimum atomic E-state index is -0.280. The molecule has 0 aliphatic carbocycles. The van der Waals surface area contributed by atoms with Gasteiger partial charge in [0, 0.05) is 42.8 Å². The summed E-state index contributed by atoms with van der Waals surface area (Å²) in [5.74, 6) is 0.729. The fourth-order valence-electron chi connectivity index (χ4n) is 4.15. The number of hydrogen-bond acceptors (Lipinski definition) is 5. The number of amides is 1. The fourth-order valence-corrected chi connectivity index (χ4v) is 4.15. The molecule has 1 atom stereocenters. The van der Waals surface area contributed by atoms with Gasteiger partial charge < -0.3 is 9.64 Å². The van der Waals surface area contributed by atoms with Crippen molar-refractivity contribution >= 4 is 5.91 Å². The third-order valence-electron chi connectivity index (χ3n) is 5.58. The number of nitrogens with zero attached hydrogens (tertiary/aromatic N) is 4. The van der Waals surface area contributed by atoms with Crippen molar-refractivity contribution in [2.24, 2.45) is 0 Å². The van der Waals surface area contributed by atoms with E-state index in [0.29, 0.717) is 31.9 Å². The number of aromatic nitrogens is 3. The molecule has 4 heterocycles. The zero-order valence-electron chi connectivity index (χ0n) is 15.4. The number of ether oxygens (including phenoxy) is 1. The van der Waals surface area contributed by atoms with Crippen molar-refractivity contribution in [3.63, 3.8) is 0 Å². The van der Waals surface area contributed by atoms with Crippen LogP contribution in [0.2, 0.25) is 0 Å². The average molecular weight is 372 g/mol. The lowest BCUT2D eigenvalue weighted by Gasteiger charge is -2.34. The standard InChI is InChI=1S/C22H20N4O2/c27-21(17-7-4-9-23-11-17)26-10-8-22(14-26)15-28-13-18-12-24-20(25-19(18)22)16-5-2-1-3-6-16/h1-7,9,11-12H,8,10,13-15H2/t22-/m1/s1. The van der Waals surface area contributed by atoms with Crippen molar-refractivity contribution in [3.05, 3.63) is 77.9 Å². The van der Waals surface area contributed by atoms with Crippen molar-refractivity contribution in [3.8, 4) is 11.4 Å². The quantitative estimate of drug-likeness (QED) is 0.692. The van der Waals surface area contributed by atoms with Crippen LogP contribution in [0.3, 0.4) is 0 Å². The van der Waals surface area contributed by atoms with E-state index in [0.717, 1.165) is 29.1 Å². The summed E-state index contributed by atoms with van der Waals surface area (Å²) < 4.78 is 5.88. The van der Waals surface area contributed by atoms with E-state index in [4.69, 9.17) is 9.72 Å². The number of fused-ring (bicyclic) bond motifs is 2. The van der Waals surface area contributed by atoms with Gasteiger partial charge in [-0.15, -0.1) is 0 Å². The number of carbonyl (C=O) groups is 1. The largest absolute Gasteiger partial charge is 0.376 e. The van der Waals surface area contributed by atoms with Crippen LogP contribution in [0.5, 0.6) is 0 Å².